The molecular weight excluding hydrogens is 427 g/mol. The molecule has 2 saturated heterocycles. The van der Waals surface area contributed by atoms with Crippen molar-refractivity contribution in [2.24, 2.45) is 17.8 Å². The highest BCUT2D eigenvalue weighted by atomic mass is 19.2. The third-order valence-corrected chi connectivity index (χ3v) is 8.07. The van der Waals surface area contributed by atoms with Gasteiger partial charge in [-0.15, -0.1) is 10.2 Å². The van der Waals surface area contributed by atoms with Crippen LogP contribution >= 0.6 is 0 Å². The van der Waals surface area contributed by atoms with E-state index in [1.807, 2.05) is 0 Å². The van der Waals surface area contributed by atoms with Crippen molar-refractivity contribution < 1.29 is 17.9 Å². The fraction of sp³-hybridized carbons (Fsp3) is 0.565. The molecule has 5 rings (SSSR count). The van der Waals surface area contributed by atoms with E-state index in [2.05, 4.69) is 36.1 Å². The molecule has 0 unspecified atom stereocenters. The summed E-state index contributed by atoms with van der Waals surface area (Å²) < 4.78 is 46.6. The van der Waals surface area contributed by atoms with Crippen LogP contribution in [0.2, 0.25) is 0 Å². The third-order valence-electron chi connectivity index (χ3n) is 8.07. The zero-order chi connectivity index (χ0) is 23.2. The van der Waals surface area contributed by atoms with Gasteiger partial charge in [0.05, 0.1) is 5.69 Å². The second kappa shape index (κ2) is 8.95. The third kappa shape index (κ3) is 4.52. The van der Waals surface area contributed by atoms with Crippen molar-refractivity contribution in [1.82, 2.24) is 15.1 Å². The average Bonchev–Trinajstić information content (AvgIpc) is 3.37. The van der Waals surface area contributed by atoms with Gasteiger partial charge in [-0.2, -0.15) is 0 Å². The van der Waals surface area contributed by atoms with E-state index in [4.69, 9.17) is 4.74 Å². The Bertz CT molecular complexity index is 990. The molecule has 1 aromatic heterocycles. The summed E-state index contributed by atoms with van der Waals surface area (Å²) in [5, 5.41) is 11.8. The molecule has 1 aromatic carbocycles. The van der Waals surface area contributed by atoms with Crippen molar-refractivity contribution in [1.29, 1.82) is 0 Å². The van der Waals surface area contributed by atoms with E-state index in [9.17, 15) is 13.2 Å². The number of hydrogen-bond acceptors (Lipinski definition) is 5. The summed E-state index contributed by atoms with van der Waals surface area (Å²) in [7, 11) is 4.79. The number of benzene rings is 1. The van der Waals surface area contributed by atoms with E-state index in [-0.39, 0.29) is 16.6 Å². The number of fused-ring (bicyclic) bond motifs is 1. The lowest BCUT2D eigenvalue weighted by molar-refractivity contribution is 0.0375. The van der Waals surface area contributed by atoms with Crippen molar-refractivity contribution in [2.75, 3.05) is 31.6 Å². The standard InChI is InChI=1S/C23H29B2F3N4O/c24-23(25,15-3-5-33-6-4-15)32-11-13-7-17(8-14(13)12-32)29-21-2-1-20(30-31-21)18-9-16(26)10-19(27)22(18)28/h1-2,9-10,13-15,17H,3-8,11-12,24-25H2,(H,29,31)/t13-,14+,17+. The van der Waals surface area contributed by atoms with Crippen LogP contribution in [0.5, 0.6) is 0 Å². The fourth-order valence-corrected chi connectivity index (χ4v) is 6.05. The number of halogens is 3. The molecule has 174 valence electrons. The predicted molar refractivity (Wildman–Crippen MR) is 126 cm³/mol. The fourth-order valence-electron chi connectivity index (χ4n) is 6.05. The van der Waals surface area contributed by atoms with Crippen molar-refractivity contribution in [3.63, 3.8) is 0 Å². The van der Waals surface area contributed by atoms with Gasteiger partial charge in [-0.1, -0.05) is 0 Å². The SMILES string of the molecule is BC(B)(C1CCOCC1)N1C[C@H]2C[C@H](Nc3ccc(-c4cc(F)cc(F)c4F)nn3)C[C@H]2C1. The Balaban J connectivity index is 1.19. The van der Waals surface area contributed by atoms with Crippen LogP contribution in [0.25, 0.3) is 11.3 Å². The zero-order valence-electron chi connectivity index (χ0n) is 19.2. The number of aromatic nitrogens is 2. The molecular formula is C23H29B2F3N4O. The van der Waals surface area contributed by atoms with Gasteiger partial charge in [0.1, 0.15) is 27.3 Å². The molecule has 3 atom stereocenters. The summed E-state index contributed by atoms with van der Waals surface area (Å²) in [4.78, 5) is 2.69. The lowest BCUT2D eigenvalue weighted by Crippen LogP contribution is -2.56. The van der Waals surface area contributed by atoms with Crippen LogP contribution in [-0.2, 0) is 4.74 Å². The number of rotatable bonds is 5. The van der Waals surface area contributed by atoms with Gasteiger partial charge in [-0.05, 0) is 67.0 Å². The molecule has 10 heteroatoms. The first kappa shape index (κ1) is 22.7. The van der Waals surface area contributed by atoms with E-state index in [1.54, 1.807) is 12.1 Å². The van der Waals surface area contributed by atoms with Crippen molar-refractivity contribution in [3.05, 3.63) is 41.7 Å². The molecule has 0 radical (unpaired) electrons. The number of likely N-dealkylation sites (tertiary alicyclic amines) is 1. The van der Waals surface area contributed by atoms with Gasteiger partial charge in [0.15, 0.2) is 11.6 Å². The first-order chi connectivity index (χ1) is 15.8. The van der Waals surface area contributed by atoms with Crippen LogP contribution in [0.15, 0.2) is 24.3 Å². The highest BCUT2D eigenvalue weighted by Gasteiger charge is 2.46. The molecule has 0 bridgehead atoms. The number of anilines is 1. The van der Waals surface area contributed by atoms with E-state index in [0.717, 1.165) is 58.1 Å². The molecule has 1 saturated carbocycles. The Morgan fingerprint density at radius 3 is 2.33 bits per heavy atom. The van der Waals surface area contributed by atoms with Gasteiger partial charge < -0.3 is 15.0 Å². The summed E-state index contributed by atoms with van der Waals surface area (Å²) in [5.41, 5.74) is -0.125. The minimum Gasteiger partial charge on any atom is -0.381 e. The van der Waals surface area contributed by atoms with Crippen molar-refractivity contribution >= 4 is 21.5 Å². The Morgan fingerprint density at radius 2 is 1.70 bits per heavy atom. The van der Waals surface area contributed by atoms with Crippen molar-refractivity contribution in [3.8, 4) is 11.3 Å². The summed E-state index contributed by atoms with van der Waals surface area (Å²) in [6.45, 7) is 4.01. The predicted octanol–water partition coefficient (Wildman–Crippen LogP) is 2.03. The molecule has 2 aliphatic heterocycles. The molecule has 33 heavy (non-hydrogen) atoms. The lowest BCUT2D eigenvalue weighted by atomic mass is 9.52. The van der Waals surface area contributed by atoms with Gasteiger partial charge >= 0.3 is 0 Å². The largest absolute Gasteiger partial charge is 0.381 e. The van der Waals surface area contributed by atoms with Gasteiger partial charge in [-0.25, -0.2) is 13.2 Å². The molecule has 5 nitrogen and oxygen atoms in total. The summed E-state index contributed by atoms with van der Waals surface area (Å²) in [6, 6.07) is 5.00. The van der Waals surface area contributed by atoms with Crippen LogP contribution < -0.4 is 5.32 Å². The molecule has 3 heterocycles. The Kier molecular flexibility index (Phi) is 6.16. The quantitative estimate of drug-likeness (QED) is 0.552. The van der Waals surface area contributed by atoms with Gasteiger partial charge in [0.2, 0.25) is 0 Å². The Labute approximate surface area is 194 Å². The highest BCUT2D eigenvalue weighted by Crippen LogP contribution is 2.42. The molecule has 1 aliphatic carbocycles. The van der Waals surface area contributed by atoms with E-state index in [1.165, 1.54) is 0 Å². The normalized spacial score (nSPS) is 26.5. The zero-order valence-corrected chi connectivity index (χ0v) is 19.2. The molecule has 1 N–H and O–H groups in total. The number of ether oxygens (including phenoxy) is 1. The van der Waals surface area contributed by atoms with Gasteiger partial charge in [-0.3, -0.25) is 0 Å². The number of nitrogens with one attached hydrogen (secondary N) is 1. The maximum atomic E-state index is 14.0. The average molecular weight is 456 g/mol. The smallest absolute Gasteiger partial charge is 0.168 e. The van der Waals surface area contributed by atoms with Crippen LogP contribution in [-0.4, -0.2) is 68.5 Å². The maximum absolute atomic E-state index is 14.0. The molecule has 3 aliphatic rings. The Hall–Kier alpha value is -2.06. The van der Waals surface area contributed by atoms with Gasteiger partial charge in [0.25, 0.3) is 0 Å². The summed E-state index contributed by atoms with van der Waals surface area (Å²) in [6.07, 6.45) is 4.45. The number of hydrogen-bond donors (Lipinski definition) is 1. The minimum absolute atomic E-state index is 0.103. The molecule has 2 aromatic rings. The van der Waals surface area contributed by atoms with E-state index >= 15 is 0 Å². The monoisotopic (exact) mass is 456 g/mol. The highest BCUT2D eigenvalue weighted by molar-refractivity contribution is 6.40. The van der Waals surface area contributed by atoms with E-state index < -0.39 is 17.5 Å². The van der Waals surface area contributed by atoms with Crippen LogP contribution in [0.1, 0.15) is 25.7 Å². The lowest BCUT2D eigenvalue weighted by Gasteiger charge is -2.45. The topological polar surface area (TPSA) is 50.3 Å². The summed E-state index contributed by atoms with van der Waals surface area (Å²) >= 11 is 0. The number of nitrogens with zero attached hydrogens (tertiary/aromatic N) is 3. The minimum atomic E-state index is -1.24. The first-order valence-corrected chi connectivity index (χ1v) is 11.9. The molecule has 3 fully saturated rings. The van der Waals surface area contributed by atoms with Crippen LogP contribution in [0, 0.1) is 35.2 Å². The Morgan fingerprint density at radius 1 is 1.00 bits per heavy atom. The maximum Gasteiger partial charge on any atom is 0.168 e. The van der Waals surface area contributed by atoms with Gasteiger partial charge in [0, 0.05) is 44.0 Å². The molecule has 0 amide bonds. The summed E-state index contributed by atoms with van der Waals surface area (Å²) in [5.74, 6) is -0.593. The first-order valence-electron chi connectivity index (χ1n) is 11.9. The van der Waals surface area contributed by atoms with Crippen LogP contribution in [0.3, 0.4) is 0 Å². The second-order valence-electron chi connectivity index (χ2n) is 10.3. The molecule has 0 spiro atoms. The van der Waals surface area contributed by atoms with Crippen LogP contribution in [0.4, 0.5) is 19.0 Å². The van der Waals surface area contributed by atoms with E-state index in [0.29, 0.717) is 35.7 Å². The van der Waals surface area contributed by atoms with Crippen molar-refractivity contribution in [2.45, 2.75) is 37.1 Å². The second-order valence-corrected chi connectivity index (χ2v) is 10.3.